The Morgan fingerprint density at radius 2 is 2.07 bits per heavy atom. The van der Waals surface area contributed by atoms with Crippen molar-refractivity contribution in [3.8, 4) is 0 Å². The van der Waals surface area contributed by atoms with Crippen LogP contribution in [0.15, 0.2) is 59.4 Å². The van der Waals surface area contributed by atoms with Crippen LogP contribution in [0.5, 0.6) is 0 Å². The topological polar surface area (TPSA) is 47.0 Å². The summed E-state index contributed by atoms with van der Waals surface area (Å²) in [5.74, 6) is -3.22. The van der Waals surface area contributed by atoms with Crippen molar-refractivity contribution in [2.24, 2.45) is 7.05 Å². The maximum Gasteiger partial charge on any atom is 0.274 e. The molecule has 0 bridgehead atoms. The molecule has 0 amide bonds. The van der Waals surface area contributed by atoms with E-state index in [1.165, 1.54) is 22.9 Å². The molecular weight excluding hydrogens is 369 g/mol. The molecule has 0 fully saturated rings. The van der Waals surface area contributed by atoms with Crippen LogP contribution in [0, 0.1) is 11.6 Å². The van der Waals surface area contributed by atoms with E-state index in [0.29, 0.717) is 22.0 Å². The van der Waals surface area contributed by atoms with Crippen LogP contribution in [0.25, 0.3) is 16.5 Å². The van der Waals surface area contributed by atoms with Crippen molar-refractivity contribution in [2.75, 3.05) is 0 Å². The lowest BCUT2D eigenvalue weighted by Gasteiger charge is -2.24. The third-order valence-electron chi connectivity index (χ3n) is 4.78. The average molecular weight is 386 g/mol. The van der Waals surface area contributed by atoms with Gasteiger partial charge in [0.2, 0.25) is 5.85 Å². The van der Waals surface area contributed by atoms with Crippen molar-refractivity contribution < 1.29 is 17.9 Å². The fraction of sp³-hybridized carbons (Fsp3) is 0.190. The Bertz CT molecular complexity index is 1180. The average Bonchev–Trinajstić information content (AvgIpc) is 2.98. The first-order valence-electron chi connectivity index (χ1n) is 8.71. The lowest BCUT2D eigenvalue weighted by molar-refractivity contribution is -0.113. The van der Waals surface area contributed by atoms with Gasteiger partial charge in [-0.3, -0.25) is 14.6 Å². The van der Waals surface area contributed by atoms with Crippen LogP contribution in [0.4, 0.5) is 13.2 Å². The van der Waals surface area contributed by atoms with Gasteiger partial charge < -0.3 is 4.74 Å². The molecule has 28 heavy (non-hydrogen) atoms. The molecule has 2 aromatic carbocycles. The minimum Gasteiger partial charge on any atom is -0.338 e. The molecule has 0 aliphatic heterocycles. The van der Waals surface area contributed by atoms with Crippen LogP contribution in [-0.2, 0) is 18.4 Å². The second kappa shape index (κ2) is 6.83. The number of aromatic amines is 1. The molecule has 7 heteroatoms. The maximum atomic E-state index is 15.0. The smallest absolute Gasteiger partial charge is 0.274 e. The normalized spacial score (nSPS) is 19.2. The number of rotatable bonds is 4. The molecule has 0 spiro atoms. The second-order valence-corrected chi connectivity index (χ2v) is 6.71. The van der Waals surface area contributed by atoms with Crippen molar-refractivity contribution in [1.29, 1.82) is 0 Å². The van der Waals surface area contributed by atoms with Gasteiger partial charge in [-0.15, -0.1) is 0 Å². The highest BCUT2D eigenvalue weighted by atomic mass is 19.2. The number of halogens is 3. The number of aromatic nitrogens is 2. The molecule has 1 heterocycles. The first-order chi connectivity index (χ1) is 13.4. The molecule has 0 saturated heterocycles. The summed E-state index contributed by atoms with van der Waals surface area (Å²) in [6.45, 7) is -0.0599. The van der Waals surface area contributed by atoms with E-state index in [0.717, 1.165) is 18.2 Å². The van der Waals surface area contributed by atoms with Crippen LogP contribution < -0.4 is 5.56 Å². The van der Waals surface area contributed by atoms with Crippen molar-refractivity contribution in [3.05, 3.63) is 87.7 Å². The molecule has 0 radical (unpaired) electrons. The van der Waals surface area contributed by atoms with Crippen LogP contribution in [-0.4, -0.2) is 15.6 Å². The van der Waals surface area contributed by atoms with Gasteiger partial charge in [0, 0.05) is 24.6 Å². The first-order valence-corrected chi connectivity index (χ1v) is 8.71. The van der Waals surface area contributed by atoms with E-state index in [1.807, 2.05) is 0 Å². The highest BCUT2D eigenvalue weighted by Crippen LogP contribution is 2.33. The van der Waals surface area contributed by atoms with E-state index in [9.17, 15) is 13.6 Å². The van der Waals surface area contributed by atoms with Crippen LogP contribution >= 0.6 is 0 Å². The Labute approximate surface area is 158 Å². The lowest BCUT2D eigenvalue weighted by atomic mass is 9.96. The predicted molar refractivity (Wildman–Crippen MR) is 100 cm³/mol. The van der Waals surface area contributed by atoms with Gasteiger partial charge in [-0.1, -0.05) is 24.3 Å². The summed E-state index contributed by atoms with van der Waals surface area (Å²) in [5, 5.41) is 3.43. The zero-order valence-corrected chi connectivity index (χ0v) is 15.0. The Hall–Kier alpha value is -3.06. The zero-order chi connectivity index (χ0) is 19.9. The number of alkyl halides is 1. The molecule has 1 atom stereocenters. The van der Waals surface area contributed by atoms with Crippen molar-refractivity contribution in [3.63, 3.8) is 0 Å². The summed E-state index contributed by atoms with van der Waals surface area (Å²) in [4.78, 5) is 12.0. The molecular formula is C21H17F3N2O2. The standard InChI is InChI=1S/C21H17F3N2O2/c1-26-20(27)16-4-2-3-14(19(16)25-26)12-28-21(24)9-7-13(8-10-21)17-11-15(22)5-6-18(17)23/h2-9,11,25H,10,12H2,1H3. The number of fused-ring (bicyclic) bond motifs is 1. The van der Waals surface area contributed by atoms with E-state index >= 15 is 4.39 Å². The Morgan fingerprint density at radius 3 is 2.82 bits per heavy atom. The number of nitrogens with zero attached hydrogens (tertiary/aromatic N) is 1. The summed E-state index contributed by atoms with van der Waals surface area (Å²) < 4.78 is 49.1. The number of H-pyrrole nitrogens is 1. The van der Waals surface area contributed by atoms with E-state index in [1.54, 1.807) is 25.2 Å². The molecule has 1 aliphatic carbocycles. The number of allylic oxidation sites excluding steroid dienone is 2. The largest absolute Gasteiger partial charge is 0.338 e. The molecule has 1 aromatic heterocycles. The van der Waals surface area contributed by atoms with Gasteiger partial charge in [-0.25, -0.2) is 13.2 Å². The summed E-state index contributed by atoms with van der Waals surface area (Å²) in [7, 11) is 1.60. The Kier molecular flexibility index (Phi) is 4.47. The monoisotopic (exact) mass is 386 g/mol. The summed E-state index contributed by atoms with van der Waals surface area (Å²) in [6, 6.07) is 8.29. The fourth-order valence-corrected chi connectivity index (χ4v) is 3.25. The van der Waals surface area contributed by atoms with Crippen LogP contribution in [0.2, 0.25) is 0 Å². The number of nitrogens with one attached hydrogen (secondary N) is 1. The SMILES string of the molecule is Cn1[nH]c2c(COC3(F)C=CC(c4cc(F)ccc4F)=CC3)cccc2c1=O. The minimum absolute atomic E-state index is 0.0599. The second-order valence-electron chi connectivity index (χ2n) is 6.71. The summed E-state index contributed by atoms with van der Waals surface area (Å²) >= 11 is 0. The molecule has 1 aliphatic rings. The van der Waals surface area contributed by atoms with E-state index < -0.39 is 17.5 Å². The number of aryl methyl sites for hydroxylation is 1. The molecule has 144 valence electrons. The summed E-state index contributed by atoms with van der Waals surface area (Å²) in [6.07, 6.45) is 3.91. The fourth-order valence-electron chi connectivity index (χ4n) is 3.25. The number of ether oxygens (including phenoxy) is 1. The number of hydrogen-bond acceptors (Lipinski definition) is 2. The van der Waals surface area contributed by atoms with Crippen LogP contribution in [0.3, 0.4) is 0 Å². The van der Waals surface area contributed by atoms with Gasteiger partial charge in [-0.05, 0) is 35.9 Å². The molecule has 1 unspecified atom stereocenters. The van der Waals surface area contributed by atoms with Crippen molar-refractivity contribution >= 4 is 16.5 Å². The molecule has 0 saturated carbocycles. The third-order valence-corrected chi connectivity index (χ3v) is 4.78. The van der Waals surface area contributed by atoms with Gasteiger partial charge in [0.1, 0.15) is 11.6 Å². The molecule has 4 rings (SSSR count). The summed E-state index contributed by atoms with van der Waals surface area (Å²) in [5.41, 5.74) is 1.53. The van der Waals surface area contributed by atoms with Crippen molar-refractivity contribution in [2.45, 2.75) is 18.9 Å². The van der Waals surface area contributed by atoms with Gasteiger partial charge in [0.25, 0.3) is 5.56 Å². The molecule has 3 aromatic rings. The van der Waals surface area contributed by atoms with Gasteiger partial charge in [-0.2, -0.15) is 0 Å². The van der Waals surface area contributed by atoms with Gasteiger partial charge >= 0.3 is 0 Å². The Morgan fingerprint density at radius 1 is 1.25 bits per heavy atom. The first kappa shape index (κ1) is 18.3. The molecule has 4 nitrogen and oxygen atoms in total. The van der Waals surface area contributed by atoms with Gasteiger partial charge in [0.15, 0.2) is 0 Å². The number of hydrogen-bond donors (Lipinski definition) is 1. The number of para-hydroxylation sites is 1. The maximum absolute atomic E-state index is 15.0. The van der Waals surface area contributed by atoms with Crippen molar-refractivity contribution in [1.82, 2.24) is 9.78 Å². The minimum atomic E-state index is -2.08. The van der Waals surface area contributed by atoms with E-state index in [-0.39, 0.29) is 24.2 Å². The van der Waals surface area contributed by atoms with Crippen LogP contribution in [0.1, 0.15) is 17.5 Å². The van der Waals surface area contributed by atoms with E-state index in [4.69, 9.17) is 4.74 Å². The molecule has 1 N–H and O–H groups in total. The Balaban J connectivity index is 1.52. The third kappa shape index (κ3) is 3.29. The highest BCUT2D eigenvalue weighted by molar-refractivity contribution is 5.81. The number of benzene rings is 2. The van der Waals surface area contributed by atoms with E-state index in [2.05, 4.69) is 5.10 Å². The lowest BCUT2D eigenvalue weighted by Crippen LogP contribution is -2.25. The van der Waals surface area contributed by atoms with Gasteiger partial charge in [0.05, 0.1) is 17.5 Å². The predicted octanol–water partition coefficient (Wildman–Crippen LogP) is 4.37. The zero-order valence-electron chi connectivity index (χ0n) is 15.0. The highest BCUT2D eigenvalue weighted by Gasteiger charge is 2.29. The quantitative estimate of drug-likeness (QED) is 0.724.